The average molecular weight is 187 g/mol. The molecule has 2 heteroatoms. The first-order valence-corrected chi connectivity index (χ1v) is 5.41. The van der Waals surface area contributed by atoms with Gasteiger partial charge in [0, 0.05) is 13.5 Å². The highest BCUT2D eigenvalue weighted by Gasteiger charge is 2.03. The largest absolute Gasteiger partial charge is 0.359 e. The Kier molecular flexibility index (Phi) is 13.2. The zero-order valence-corrected chi connectivity index (χ0v) is 9.81. The summed E-state index contributed by atoms with van der Waals surface area (Å²) in [5.74, 6) is 0.852. The number of nitrogens with one attached hydrogen (secondary N) is 1. The third-order valence-corrected chi connectivity index (χ3v) is 1.92. The Morgan fingerprint density at radius 1 is 1.31 bits per heavy atom. The van der Waals surface area contributed by atoms with Gasteiger partial charge in [-0.3, -0.25) is 4.79 Å². The van der Waals surface area contributed by atoms with Crippen molar-refractivity contribution in [1.29, 1.82) is 0 Å². The first-order chi connectivity index (χ1) is 6.20. The summed E-state index contributed by atoms with van der Waals surface area (Å²) in [6.07, 6.45) is 4.15. The second-order valence-corrected chi connectivity index (χ2v) is 3.11. The molecule has 1 atom stereocenters. The van der Waals surface area contributed by atoms with Crippen LogP contribution in [0.3, 0.4) is 0 Å². The summed E-state index contributed by atoms with van der Waals surface area (Å²) < 4.78 is 0. The van der Waals surface area contributed by atoms with E-state index in [1.807, 2.05) is 13.8 Å². The van der Waals surface area contributed by atoms with Crippen molar-refractivity contribution in [2.45, 2.75) is 53.4 Å². The van der Waals surface area contributed by atoms with E-state index in [-0.39, 0.29) is 5.91 Å². The molecule has 13 heavy (non-hydrogen) atoms. The van der Waals surface area contributed by atoms with E-state index in [9.17, 15) is 4.79 Å². The van der Waals surface area contributed by atoms with Gasteiger partial charge in [-0.1, -0.05) is 40.5 Å². The summed E-state index contributed by atoms with van der Waals surface area (Å²) in [6.45, 7) is 8.38. The smallest absolute Gasteiger partial charge is 0.219 e. The molecule has 0 bridgehead atoms. The van der Waals surface area contributed by atoms with Crippen LogP contribution in [0, 0.1) is 5.92 Å². The van der Waals surface area contributed by atoms with Crippen molar-refractivity contribution in [3.8, 4) is 0 Å². The Morgan fingerprint density at radius 3 is 2.23 bits per heavy atom. The number of amides is 1. The molecule has 1 unspecified atom stereocenters. The van der Waals surface area contributed by atoms with Crippen LogP contribution in [0.2, 0.25) is 0 Å². The van der Waals surface area contributed by atoms with E-state index in [2.05, 4.69) is 19.2 Å². The maximum Gasteiger partial charge on any atom is 0.219 e. The van der Waals surface area contributed by atoms with E-state index < -0.39 is 0 Å². The second kappa shape index (κ2) is 11.5. The highest BCUT2D eigenvalue weighted by atomic mass is 16.1. The quantitative estimate of drug-likeness (QED) is 0.704. The normalized spacial score (nSPS) is 11.2. The van der Waals surface area contributed by atoms with Gasteiger partial charge in [-0.2, -0.15) is 0 Å². The van der Waals surface area contributed by atoms with Crippen LogP contribution in [0.5, 0.6) is 0 Å². The molecule has 0 saturated heterocycles. The summed E-state index contributed by atoms with van der Waals surface area (Å²) in [7, 11) is 1.69. The lowest BCUT2D eigenvalue weighted by atomic mass is 10.0. The average Bonchev–Trinajstić information content (AvgIpc) is 2.18. The van der Waals surface area contributed by atoms with Crippen LogP contribution < -0.4 is 5.32 Å². The molecular weight excluding hydrogens is 162 g/mol. The van der Waals surface area contributed by atoms with Crippen LogP contribution in [0.25, 0.3) is 0 Å². The molecule has 0 aromatic rings. The highest BCUT2D eigenvalue weighted by Crippen LogP contribution is 2.11. The van der Waals surface area contributed by atoms with Crippen LogP contribution >= 0.6 is 0 Å². The third-order valence-electron chi connectivity index (χ3n) is 1.92. The van der Waals surface area contributed by atoms with E-state index >= 15 is 0 Å². The van der Waals surface area contributed by atoms with Crippen molar-refractivity contribution < 1.29 is 4.79 Å². The van der Waals surface area contributed by atoms with Crippen LogP contribution in [0.1, 0.15) is 53.4 Å². The summed E-state index contributed by atoms with van der Waals surface area (Å²) in [6, 6.07) is 0. The van der Waals surface area contributed by atoms with E-state index in [1.54, 1.807) is 7.05 Å². The molecule has 0 fully saturated rings. The standard InChI is InChI=1S/C9H19NO.C2H6/c1-4-5-8(2)6-7-9(11)10-3;1-2/h8H,4-7H2,1-3H3,(H,10,11);1-2H3. The predicted molar refractivity (Wildman–Crippen MR) is 58.7 cm³/mol. The topological polar surface area (TPSA) is 29.1 Å². The molecule has 0 aromatic heterocycles. The molecule has 0 aliphatic heterocycles. The van der Waals surface area contributed by atoms with Crippen LogP contribution in [0.4, 0.5) is 0 Å². The van der Waals surface area contributed by atoms with Gasteiger partial charge in [0.05, 0.1) is 0 Å². The zero-order chi connectivity index (χ0) is 10.7. The highest BCUT2D eigenvalue weighted by molar-refractivity contribution is 5.75. The van der Waals surface area contributed by atoms with Gasteiger partial charge in [-0.15, -0.1) is 0 Å². The number of hydrogen-bond donors (Lipinski definition) is 1. The van der Waals surface area contributed by atoms with Crippen LogP contribution in [-0.2, 0) is 4.79 Å². The van der Waals surface area contributed by atoms with Crippen molar-refractivity contribution >= 4 is 5.91 Å². The Bertz CT molecular complexity index is 113. The second-order valence-electron chi connectivity index (χ2n) is 3.11. The first kappa shape index (κ1) is 15.0. The number of hydrogen-bond acceptors (Lipinski definition) is 1. The van der Waals surface area contributed by atoms with E-state index in [4.69, 9.17) is 0 Å². The van der Waals surface area contributed by atoms with Gasteiger partial charge in [0.25, 0.3) is 0 Å². The van der Waals surface area contributed by atoms with Crippen LogP contribution in [0.15, 0.2) is 0 Å². The molecule has 1 amide bonds. The lowest BCUT2D eigenvalue weighted by molar-refractivity contribution is -0.120. The molecule has 0 heterocycles. The number of carbonyl (C=O) groups is 1. The molecule has 0 saturated carbocycles. The molecule has 0 rings (SSSR count). The molecule has 80 valence electrons. The Balaban J connectivity index is 0. The number of rotatable bonds is 5. The van der Waals surface area contributed by atoms with Gasteiger partial charge < -0.3 is 5.32 Å². The minimum atomic E-state index is 0.160. The van der Waals surface area contributed by atoms with Gasteiger partial charge >= 0.3 is 0 Å². The maximum atomic E-state index is 10.8. The third kappa shape index (κ3) is 11.5. The molecule has 0 aromatic carbocycles. The minimum absolute atomic E-state index is 0.160. The summed E-state index contributed by atoms with van der Waals surface area (Å²) in [4.78, 5) is 10.8. The number of carbonyl (C=O) groups excluding carboxylic acids is 1. The summed E-state index contributed by atoms with van der Waals surface area (Å²) in [5.41, 5.74) is 0. The van der Waals surface area contributed by atoms with Gasteiger partial charge in [-0.05, 0) is 12.3 Å². The van der Waals surface area contributed by atoms with Crippen LogP contribution in [-0.4, -0.2) is 13.0 Å². The van der Waals surface area contributed by atoms with Crippen molar-refractivity contribution in [3.05, 3.63) is 0 Å². The SMILES string of the molecule is CC.CCCC(C)CCC(=O)NC. The Labute approximate surface area is 83.1 Å². The van der Waals surface area contributed by atoms with Crippen molar-refractivity contribution in [2.24, 2.45) is 5.92 Å². The summed E-state index contributed by atoms with van der Waals surface area (Å²) >= 11 is 0. The van der Waals surface area contributed by atoms with Gasteiger partial charge in [0.15, 0.2) is 0 Å². The van der Waals surface area contributed by atoms with Gasteiger partial charge in [-0.25, -0.2) is 0 Å². The van der Waals surface area contributed by atoms with Gasteiger partial charge in [0.2, 0.25) is 5.91 Å². The Hall–Kier alpha value is -0.530. The molecule has 0 spiro atoms. The molecule has 0 aliphatic carbocycles. The minimum Gasteiger partial charge on any atom is -0.359 e. The van der Waals surface area contributed by atoms with E-state index in [0.717, 1.165) is 6.42 Å². The van der Waals surface area contributed by atoms with Crippen molar-refractivity contribution in [3.63, 3.8) is 0 Å². The van der Waals surface area contributed by atoms with E-state index in [1.165, 1.54) is 12.8 Å². The molecule has 2 nitrogen and oxygen atoms in total. The fourth-order valence-electron chi connectivity index (χ4n) is 1.14. The molecule has 0 radical (unpaired) electrons. The molecule has 1 N–H and O–H groups in total. The monoisotopic (exact) mass is 187 g/mol. The lowest BCUT2D eigenvalue weighted by Crippen LogP contribution is -2.18. The molecular formula is C11H25NO. The summed E-state index contributed by atoms with van der Waals surface area (Å²) in [5, 5.41) is 2.62. The van der Waals surface area contributed by atoms with E-state index in [0.29, 0.717) is 12.3 Å². The predicted octanol–water partition coefficient (Wildman–Crippen LogP) is 2.98. The Morgan fingerprint density at radius 2 is 1.85 bits per heavy atom. The fourth-order valence-corrected chi connectivity index (χ4v) is 1.14. The van der Waals surface area contributed by atoms with Crippen molar-refractivity contribution in [1.82, 2.24) is 5.32 Å². The molecule has 0 aliphatic rings. The van der Waals surface area contributed by atoms with Gasteiger partial charge in [0.1, 0.15) is 0 Å². The maximum absolute atomic E-state index is 10.8. The first-order valence-electron chi connectivity index (χ1n) is 5.41. The van der Waals surface area contributed by atoms with Crippen molar-refractivity contribution in [2.75, 3.05) is 7.05 Å². The lowest BCUT2D eigenvalue weighted by Gasteiger charge is -2.07. The zero-order valence-electron chi connectivity index (χ0n) is 9.81. The fraction of sp³-hybridized carbons (Fsp3) is 0.909.